The molecule has 216 valence electrons. The van der Waals surface area contributed by atoms with Crippen LogP contribution in [-0.4, -0.2) is 6.66 Å². The summed E-state index contributed by atoms with van der Waals surface area (Å²) >= 11 is 2.32. The monoisotopic (exact) mass is 683 g/mol. The number of hydrogen-bond donors (Lipinski definition) is 1. The van der Waals surface area contributed by atoms with Gasteiger partial charge in [-0.05, 0) is 125 Å². The zero-order valence-corrected chi connectivity index (χ0v) is 28.4. The summed E-state index contributed by atoms with van der Waals surface area (Å²) in [6, 6.07) is 20.9. The molecule has 0 heterocycles. The van der Waals surface area contributed by atoms with Crippen LogP contribution in [0.1, 0.15) is 81.0 Å². The highest BCUT2D eigenvalue weighted by molar-refractivity contribution is 14.2. The van der Waals surface area contributed by atoms with Crippen molar-refractivity contribution in [1.82, 2.24) is 0 Å². The molecule has 0 spiro atoms. The Bertz CT molecular complexity index is 1660. The molecule has 0 radical (unpaired) electrons. The number of fused-ring (bicyclic) bond motifs is 5. The molecule has 42 heavy (non-hydrogen) atoms. The Balaban J connectivity index is 1.63. The molecule has 3 aliphatic carbocycles. The molecule has 1 N–H and O–H groups in total. The fourth-order valence-electron chi connectivity index (χ4n) is 7.91. The fraction of sp³-hybridized carbons (Fsp3) is 0.333. The fourth-order valence-corrected chi connectivity index (χ4v) is 9.59. The van der Waals surface area contributed by atoms with E-state index in [0.717, 1.165) is 23.7 Å². The Morgan fingerprint density at radius 3 is 2.33 bits per heavy atom. The van der Waals surface area contributed by atoms with Crippen molar-refractivity contribution in [2.45, 2.75) is 70.6 Å². The molecule has 0 amide bonds. The average molecular weight is 684 g/mol. The molecule has 2 unspecified atom stereocenters. The van der Waals surface area contributed by atoms with Gasteiger partial charge < -0.3 is 5.16 Å². The summed E-state index contributed by atoms with van der Waals surface area (Å²) in [5.74, 6) is 0.567. The summed E-state index contributed by atoms with van der Waals surface area (Å²) in [6.45, 7) is 10.7. The minimum atomic E-state index is -1.82. The Hall–Kier alpha value is -2.42. The minimum Gasteiger partial charge on any atom is -0.304 e. The second kappa shape index (κ2) is 11.9. The van der Waals surface area contributed by atoms with E-state index in [4.69, 9.17) is 5.16 Å². The molecule has 2 atom stereocenters. The van der Waals surface area contributed by atoms with Crippen LogP contribution in [0.3, 0.4) is 0 Å². The van der Waals surface area contributed by atoms with Crippen molar-refractivity contribution in [2.75, 3.05) is 6.66 Å². The number of halogens is 1. The zero-order chi connectivity index (χ0) is 29.5. The molecule has 3 aliphatic rings. The van der Waals surface area contributed by atoms with Gasteiger partial charge in [-0.25, -0.2) is 0 Å². The number of rotatable bonds is 6. The Morgan fingerprint density at radius 2 is 1.64 bits per heavy atom. The molecule has 6 rings (SSSR count). The van der Waals surface area contributed by atoms with Gasteiger partial charge in [0.25, 0.3) is 0 Å². The van der Waals surface area contributed by atoms with Crippen LogP contribution in [0.5, 0.6) is 0 Å². The smallest absolute Gasteiger partial charge is 0.0497 e. The standard InChI is InChI=1S/C39H43INP/c1-27(2)12-11-13-28(3)39(32-15-7-5-6-8-16-32)37-26-31(29-18-22-33(23-19-29)42(4,40)41)21-24-35(37)36-25-20-30-14-9-10-17-34(30)38(36)39/h9,11-14,18-26,32,41H,1,5-8,10,15-17H2,2-4H3/b12-11-,28-13+. The number of benzene rings is 3. The topological polar surface area (TPSA) is 23.9 Å². The number of hydrogen-bond acceptors (Lipinski definition) is 1. The molecule has 3 aromatic rings. The lowest BCUT2D eigenvalue weighted by molar-refractivity contribution is 0.329. The maximum Gasteiger partial charge on any atom is 0.0497 e. The van der Waals surface area contributed by atoms with Crippen molar-refractivity contribution in [3.05, 3.63) is 119 Å². The van der Waals surface area contributed by atoms with E-state index in [1.807, 2.05) is 0 Å². The van der Waals surface area contributed by atoms with Crippen molar-refractivity contribution >= 4 is 38.1 Å². The molecule has 3 heteroatoms. The normalized spacial score (nSPS) is 21.9. The van der Waals surface area contributed by atoms with Crippen LogP contribution >= 0.6 is 26.7 Å². The summed E-state index contributed by atoms with van der Waals surface area (Å²) in [5.41, 5.74) is 13.9. The van der Waals surface area contributed by atoms with Gasteiger partial charge in [0.1, 0.15) is 0 Å². The molecule has 1 nitrogen and oxygen atoms in total. The van der Waals surface area contributed by atoms with E-state index >= 15 is 0 Å². The first-order valence-electron chi connectivity index (χ1n) is 15.6. The van der Waals surface area contributed by atoms with Gasteiger partial charge in [-0.3, -0.25) is 0 Å². The van der Waals surface area contributed by atoms with Crippen molar-refractivity contribution in [2.24, 2.45) is 5.92 Å². The summed E-state index contributed by atoms with van der Waals surface area (Å²) in [6.07, 6.45) is 21.6. The first kappa shape index (κ1) is 29.6. The van der Waals surface area contributed by atoms with Crippen molar-refractivity contribution in [3.8, 4) is 22.3 Å². The second-order valence-electron chi connectivity index (χ2n) is 12.8. The van der Waals surface area contributed by atoms with Crippen LogP contribution in [0.4, 0.5) is 0 Å². The average Bonchev–Trinajstić information content (AvgIpc) is 3.08. The lowest BCUT2D eigenvalue weighted by Gasteiger charge is -2.43. The van der Waals surface area contributed by atoms with Crippen molar-refractivity contribution in [1.29, 1.82) is 5.16 Å². The predicted molar refractivity (Wildman–Crippen MR) is 194 cm³/mol. The van der Waals surface area contributed by atoms with Gasteiger partial charge in [0, 0.05) is 15.4 Å². The van der Waals surface area contributed by atoms with E-state index in [-0.39, 0.29) is 5.41 Å². The van der Waals surface area contributed by atoms with Crippen LogP contribution in [0.25, 0.3) is 28.3 Å². The first-order chi connectivity index (χ1) is 20.2. The largest absolute Gasteiger partial charge is 0.304 e. The first-order valence-corrected chi connectivity index (χ1v) is 20.6. The highest BCUT2D eigenvalue weighted by Gasteiger charge is 2.51. The molecule has 0 aliphatic heterocycles. The van der Waals surface area contributed by atoms with E-state index in [9.17, 15) is 0 Å². The maximum atomic E-state index is 8.59. The molecule has 0 bridgehead atoms. The third-order valence-electron chi connectivity index (χ3n) is 9.84. The van der Waals surface area contributed by atoms with Crippen LogP contribution in [0.15, 0.2) is 96.6 Å². The summed E-state index contributed by atoms with van der Waals surface area (Å²) in [4.78, 5) is 0. The van der Waals surface area contributed by atoms with Gasteiger partial charge in [0.15, 0.2) is 0 Å². The lowest BCUT2D eigenvalue weighted by atomic mass is 9.60. The number of nitrogens with one attached hydrogen (secondary N) is 1. The molecule has 0 aromatic heterocycles. The van der Waals surface area contributed by atoms with Crippen molar-refractivity contribution in [3.63, 3.8) is 0 Å². The van der Waals surface area contributed by atoms with Gasteiger partial charge in [0.05, 0.1) is 0 Å². The highest BCUT2D eigenvalue weighted by Crippen LogP contribution is 2.61. The SMILES string of the molecule is C=C(C)/C=C\C=C(/C)C1(C2CCCCCC2)c2cc(-c3ccc(P(C)(=N)I)cc3)ccc2-c2ccc3c(c21)CCC=C3. The minimum absolute atomic E-state index is 0.144. The van der Waals surface area contributed by atoms with E-state index in [2.05, 4.69) is 134 Å². The quantitative estimate of drug-likeness (QED) is 0.116. The Labute approximate surface area is 266 Å². The maximum absolute atomic E-state index is 8.59. The third kappa shape index (κ3) is 5.28. The molecule has 1 saturated carbocycles. The molecular weight excluding hydrogens is 640 g/mol. The Kier molecular flexibility index (Phi) is 8.42. The molecule has 1 fully saturated rings. The predicted octanol–water partition coefficient (Wildman–Crippen LogP) is 12.0. The van der Waals surface area contributed by atoms with E-state index < -0.39 is 4.70 Å². The molecule has 0 saturated heterocycles. The van der Waals surface area contributed by atoms with E-state index in [1.54, 1.807) is 11.1 Å². The van der Waals surface area contributed by atoms with Crippen LogP contribution in [0, 0.1) is 11.1 Å². The van der Waals surface area contributed by atoms with Gasteiger partial charge in [0.2, 0.25) is 0 Å². The molecular formula is C39H43INP. The summed E-state index contributed by atoms with van der Waals surface area (Å²) in [5, 5.41) is 9.74. The van der Waals surface area contributed by atoms with Gasteiger partial charge >= 0.3 is 0 Å². The highest BCUT2D eigenvalue weighted by atomic mass is 127. The van der Waals surface area contributed by atoms with Crippen molar-refractivity contribution < 1.29 is 0 Å². The molecule has 3 aromatic carbocycles. The third-order valence-corrected chi connectivity index (χ3v) is 12.8. The Morgan fingerprint density at radius 1 is 0.952 bits per heavy atom. The zero-order valence-electron chi connectivity index (χ0n) is 25.3. The van der Waals surface area contributed by atoms with Gasteiger partial charge in [-0.1, -0.05) is 122 Å². The van der Waals surface area contributed by atoms with Gasteiger partial charge in [-0.15, -0.1) is 0 Å². The van der Waals surface area contributed by atoms with Crippen LogP contribution in [-0.2, 0) is 11.8 Å². The van der Waals surface area contributed by atoms with E-state index in [0.29, 0.717) is 5.92 Å². The van der Waals surface area contributed by atoms with Crippen LogP contribution < -0.4 is 5.30 Å². The van der Waals surface area contributed by atoms with Crippen LogP contribution in [0.2, 0.25) is 0 Å². The second-order valence-corrected chi connectivity index (χ2v) is 20.9. The summed E-state index contributed by atoms with van der Waals surface area (Å²) < 4.78 is -1.82. The number of allylic oxidation sites excluding steroid dienone is 6. The lowest BCUT2D eigenvalue weighted by Crippen LogP contribution is -2.37. The van der Waals surface area contributed by atoms with E-state index in [1.165, 1.54) is 77.5 Å². The summed E-state index contributed by atoms with van der Waals surface area (Å²) in [7, 11) is 0. The van der Waals surface area contributed by atoms with Gasteiger partial charge in [-0.2, -0.15) is 0 Å².